The van der Waals surface area contributed by atoms with Gasteiger partial charge in [-0.25, -0.2) is 9.18 Å². The Bertz CT molecular complexity index is 550. The van der Waals surface area contributed by atoms with E-state index in [0.29, 0.717) is 26.1 Å². The van der Waals surface area contributed by atoms with Crippen molar-refractivity contribution in [2.45, 2.75) is 45.1 Å². The van der Waals surface area contributed by atoms with E-state index in [2.05, 4.69) is 17.1 Å². The fourth-order valence-electron chi connectivity index (χ4n) is 3.17. The lowest BCUT2D eigenvalue weighted by Crippen LogP contribution is -2.57. The molecular weight excluding hydrogens is 321 g/mol. The molecule has 25 heavy (non-hydrogen) atoms. The zero-order chi connectivity index (χ0) is 18.1. The Morgan fingerprint density at radius 2 is 2.04 bits per heavy atom. The van der Waals surface area contributed by atoms with Crippen molar-refractivity contribution in [3.8, 4) is 0 Å². The van der Waals surface area contributed by atoms with Crippen molar-refractivity contribution in [2.24, 2.45) is 0 Å². The van der Waals surface area contributed by atoms with Crippen LogP contribution in [0.5, 0.6) is 0 Å². The smallest absolute Gasteiger partial charge is 0.317 e. The summed E-state index contributed by atoms with van der Waals surface area (Å²) < 4.78 is 13.1. The molecule has 1 aromatic carbocycles. The minimum absolute atomic E-state index is 0.0247. The lowest BCUT2D eigenvalue weighted by atomic mass is 10.0. The van der Waals surface area contributed by atoms with Gasteiger partial charge < -0.3 is 19.9 Å². The quantitative estimate of drug-likeness (QED) is 0.579. The predicted octanol–water partition coefficient (Wildman–Crippen LogP) is 3.20. The fourth-order valence-corrected chi connectivity index (χ4v) is 3.17. The van der Waals surface area contributed by atoms with Crippen LogP contribution in [-0.4, -0.2) is 49.4 Å². The fraction of sp³-hybridized carbons (Fsp3) is 0.579. The van der Waals surface area contributed by atoms with Gasteiger partial charge in [0, 0.05) is 38.3 Å². The summed E-state index contributed by atoms with van der Waals surface area (Å²) in [7, 11) is 0. The van der Waals surface area contributed by atoms with Gasteiger partial charge in [0.15, 0.2) is 0 Å². The largest absolute Gasteiger partial charge is 0.368 e. The molecular formula is C19H28FN3O2. The van der Waals surface area contributed by atoms with Crippen molar-refractivity contribution in [1.29, 1.82) is 0 Å². The Kier molecular flexibility index (Phi) is 7.70. The molecule has 0 aromatic heterocycles. The number of nitrogens with zero attached hydrogens (tertiary/aromatic N) is 2. The molecule has 138 valence electrons. The number of halogens is 1. The van der Waals surface area contributed by atoms with Crippen LogP contribution in [0.4, 0.5) is 14.9 Å². The third-order valence-electron chi connectivity index (χ3n) is 4.60. The van der Waals surface area contributed by atoms with E-state index in [0.717, 1.165) is 44.2 Å². The molecule has 1 aliphatic heterocycles. The number of piperazine rings is 1. The van der Waals surface area contributed by atoms with Gasteiger partial charge in [-0.3, -0.25) is 0 Å². The standard InChI is InChI=1S/C19H28FN3O2/c1-2-3-11-21-19(25)23-13-12-22(15-18(23)6-4-5-14-24)17-9-7-16(20)8-10-17/h7-10,14,18H,2-6,11-13,15H2,1H3,(H,21,25). The molecule has 0 spiro atoms. The van der Waals surface area contributed by atoms with Crippen LogP contribution in [0.15, 0.2) is 24.3 Å². The Morgan fingerprint density at radius 1 is 1.28 bits per heavy atom. The molecule has 1 fully saturated rings. The van der Waals surface area contributed by atoms with Gasteiger partial charge in [-0.1, -0.05) is 13.3 Å². The number of urea groups is 1. The Hall–Kier alpha value is -2.11. The van der Waals surface area contributed by atoms with E-state index in [4.69, 9.17) is 0 Å². The van der Waals surface area contributed by atoms with E-state index in [-0.39, 0.29) is 17.9 Å². The molecule has 2 amide bonds. The zero-order valence-electron chi connectivity index (χ0n) is 14.9. The number of amides is 2. The molecule has 0 aliphatic carbocycles. The van der Waals surface area contributed by atoms with Crippen LogP contribution < -0.4 is 10.2 Å². The first-order valence-electron chi connectivity index (χ1n) is 9.14. The molecule has 1 atom stereocenters. The third kappa shape index (κ3) is 5.73. The summed E-state index contributed by atoms with van der Waals surface area (Å²) in [5.74, 6) is -0.250. The van der Waals surface area contributed by atoms with Crippen LogP contribution in [-0.2, 0) is 4.79 Å². The highest BCUT2D eigenvalue weighted by Gasteiger charge is 2.30. The van der Waals surface area contributed by atoms with Crippen molar-refractivity contribution in [3.63, 3.8) is 0 Å². The van der Waals surface area contributed by atoms with Gasteiger partial charge in [0.05, 0.1) is 6.04 Å². The minimum Gasteiger partial charge on any atom is -0.368 e. The molecule has 1 N–H and O–H groups in total. The Labute approximate surface area is 149 Å². The third-order valence-corrected chi connectivity index (χ3v) is 4.60. The van der Waals surface area contributed by atoms with Crippen molar-refractivity contribution < 1.29 is 14.0 Å². The molecule has 2 rings (SSSR count). The molecule has 1 saturated heterocycles. The van der Waals surface area contributed by atoms with Crippen molar-refractivity contribution in [1.82, 2.24) is 10.2 Å². The average molecular weight is 349 g/mol. The maximum absolute atomic E-state index is 13.1. The average Bonchev–Trinajstić information content (AvgIpc) is 2.62. The molecule has 1 aromatic rings. The van der Waals surface area contributed by atoms with Crippen molar-refractivity contribution in [2.75, 3.05) is 31.1 Å². The molecule has 6 heteroatoms. The molecule has 0 bridgehead atoms. The second kappa shape index (κ2) is 10.0. The van der Waals surface area contributed by atoms with Gasteiger partial charge in [-0.15, -0.1) is 0 Å². The number of hydrogen-bond acceptors (Lipinski definition) is 3. The van der Waals surface area contributed by atoms with Gasteiger partial charge >= 0.3 is 6.03 Å². The highest BCUT2D eigenvalue weighted by molar-refractivity contribution is 5.75. The maximum Gasteiger partial charge on any atom is 0.317 e. The summed E-state index contributed by atoms with van der Waals surface area (Å²) in [6.45, 7) is 4.83. The van der Waals surface area contributed by atoms with Crippen LogP contribution in [0.25, 0.3) is 0 Å². The number of unbranched alkanes of at least 4 members (excludes halogenated alkanes) is 2. The first kappa shape index (κ1) is 19.2. The number of nitrogens with one attached hydrogen (secondary N) is 1. The van der Waals surface area contributed by atoms with Crippen LogP contribution in [0.1, 0.15) is 39.0 Å². The summed E-state index contributed by atoms with van der Waals surface area (Å²) in [4.78, 5) is 27.2. The number of aldehydes is 1. The SMILES string of the molecule is CCCCNC(=O)N1CCN(c2ccc(F)cc2)CC1CCCC=O. The molecule has 1 aliphatic rings. The summed E-state index contributed by atoms with van der Waals surface area (Å²) in [5.41, 5.74) is 0.966. The number of rotatable bonds is 8. The molecule has 0 radical (unpaired) electrons. The van der Waals surface area contributed by atoms with Gasteiger partial charge in [-0.05, 0) is 43.5 Å². The number of hydrogen-bond donors (Lipinski definition) is 1. The molecule has 1 heterocycles. The van der Waals surface area contributed by atoms with E-state index >= 15 is 0 Å². The van der Waals surface area contributed by atoms with Gasteiger partial charge in [0.2, 0.25) is 0 Å². The second-order valence-corrected chi connectivity index (χ2v) is 6.45. The summed E-state index contributed by atoms with van der Waals surface area (Å²) in [6, 6.07) is 6.49. The van der Waals surface area contributed by atoms with Crippen LogP contribution >= 0.6 is 0 Å². The number of carbonyl (C=O) groups is 2. The Balaban J connectivity index is 2.01. The van der Waals surface area contributed by atoms with Crippen molar-refractivity contribution in [3.05, 3.63) is 30.1 Å². The minimum atomic E-state index is -0.250. The zero-order valence-corrected chi connectivity index (χ0v) is 14.9. The van der Waals surface area contributed by atoms with Crippen LogP contribution in [0.3, 0.4) is 0 Å². The van der Waals surface area contributed by atoms with Crippen LogP contribution in [0, 0.1) is 5.82 Å². The lowest BCUT2D eigenvalue weighted by Gasteiger charge is -2.42. The molecule has 5 nitrogen and oxygen atoms in total. The topological polar surface area (TPSA) is 52.7 Å². The van der Waals surface area contributed by atoms with E-state index in [1.165, 1.54) is 12.1 Å². The molecule has 1 unspecified atom stereocenters. The Morgan fingerprint density at radius 3 is 2.72 bits per heavy atom. The van der Waals surface area contributed by atoms with Gasteiger partial charge in [0.25, 0.3) is 0 Å². The van der Waals surface area contributed by atoms with E-state index in [1.54, 1.807) is 12.1 Å². The maximum atomic E-state index is 13.1. The van der Waals surface area contributed by atoms with E-state index < -0.39 is 0 Å². The van der Waals surface area contributed by atoms with Gasteiger partial charge in [-0.2, -0.15) is 0 Å². The van der Waals surface area contributed by atoms with Crippen molar-refractivity contribution >= 4 is 18.0 Å². The summed E-state index contributed by atoms with van der Waals surface area (Å²) >= 11 is 0. The van der Waals surface area contributed by atoms with E-state index in [9.17, 15) is 14.0 Å². The lowest BCUT2D eigenvalue weighted by molar-refractivity contribution is -0.108. The monoisotopic (exact) mass is 349 g/mol. The predicted molar refractivity (Wildman–Crippen MR) is 97.3 cm³/mol. The van der Waals surface area contributed by atoms with E-state index in [1.807, 2.05) is 4.90 Å². The summed E-state index contributed by atoms with van der Waals surface area (Å²) in [5, 5.41) is 2.99. The highest BCUT2D eigenvalue weighted by atomic mass is 19.1. The molecule has 0 saturated carbocycles. The normalized spacial score (nSPS) is 17.4. The van der Waals surface area contributed by atoms with Crippen LogP contribution in [0.2, 0.25) is 0 Å². The highest BCUT2D eigenvalue weighted by Crippen LogP contribution is 2.22. The number of benzene rings is 1. The first-order valence-corrected chi connectivity index (χ1v) is 9.14. The van der Waals surface area contributed by atoms with Gasteiger partial charge in [0.1, 0.15) is 12.1 Å². The number of anilines is 1. The number of carbonyl (C=O) groups excluding carboxylic acids is 2. The first-order chi connectivity index (χ1) is 12.2. The summed E-state index contributed by atoms with van der Waals surface area (Å²) in [6.07, 6.45) is 5.00. The second-order valence-electron chi connectivity index (χ2n) is 6.45.